The van der Waals surface area contributed by atoms with E-state index in [4.69, 9.17) is 4.74 Å². The predicted molar refractivity (Wildman–Crippen MR) is 69.5 cm³/mol. The van der Waals surface area contributed by atoms with Crippen LogP contribution >= 0.6 is 0 Å². The van der Waals surface area contributed by atoms with Gasteiger partial charge in [0.15, 0.2) is 0 Å². The summed E-state index contributed by atoms with van der Waals surface area (Å²) >= 11 is 0. The molecule has 0 aliphatic heterocycles. The molecule has 0 atom stereocenters. The Balaban J connectivity index is 2.13. The van der Waals surface area contributed by atoms with Gasteiger partial charge >= 0.3 is 6.18 Å². The number of alkyl halides is 3. The van der Waals surface area contributed by atoms with E-state index in [0.29, 0.717) is 11.8 Å². The molecule has 0 saturated heterocycles. The zero-order valence-corrected chi connectivity index (χ0v) is 11.0. The van der Waals surface area contributed by atoms with Gasteiger partial charge in [0.1, 0.15) is 18.2 Å². The van der Waals surface area contributed by atoms with E-state index in [1.807, 2.05) is 0 Å². The predicted octanol–water partition coefficient (Wildman–Crippen LogP) is 3.86. The third-order valence-electron chi connectivity index (χ3n) is 2.74. The third kappa shape index (κ3) is 3.84. The summed E-state index contributed by atoms with van der Waals surface area (Å²) in [5.74, 6) is -1.40. The van der Waals surface area contributed by atoms with Crippen molar-refractivity contribution in [2.24, 2.45) is 0 Å². The Morgan fingerprint density at radius 2 is 1.95 bits per heavy atom. The number of ether oxygens (including phenoxy) is 1. The Bertz CT molecular complexity index is 629. The maximum Gasteiger partial charge on any atom is 0.419 e. The lowest BCUT2D eigenvalue weighted by molar-refractivity contribution is -0.140. The summed E-state index contributed by atoms with van der Waals surface area (Å²) in [7, 11) is 1.73. The fourth-order valence-electron chi connectivity index (χ4n) is 1.68. The fourth-order valence-corrected chi connectivity index (χ4v) is 1.68. The van der Waals surface area contributed by atoms with Crippen LogP contribution in [0.4, 0.5) is 23.2 Å². The number of hydrogen-bond donors (Lipinski definition) is 1. The number of nitrogens with one attached hydrogen (secondary N) is 1. The molecule has 0 spiro atoms. The van der Waals surface area contributed by atoms with Crippen molar-refractivity contribution in [3.05, 3.63) is 53.6 Å². The lowest BCUT2D eigenvalue weighted by atomic mass is 10.2. The molecule has 0 saturated carbocycles. The Morgan fingerprint density at radius 3 is 2.62 bits per heavy atom. The van der Waals surface area contributed by atoms with Gasteiger partial charge in [-0.05, 0) is 30.3 Å². The summed E-state index contributed by atoms with van der Waals surface area (Å²) in [5, 5.41) is 2.91. The van der Waals surface area contributed by atoms with Crippen LogP contribution in [0.1, 0.15) is 11.3 Å². The lowest BCUT2D eigenvalue weighted by Crippen LogP contribution is -2.08. The molecule has 112 valence electrons. The van der Waals surface area contributed by atoms with Gasteiger partial charge in [0.05, 0.1) is 11.3 Å². The minimum absolute atomic E-state index is 0.0154. The van der Waals surface area contributed by atoms with Crippen molar-refractivity contribution in [1.29, 1.82) is 0 Å². The van der Waals surface area contributed by atoms with Crippen molar-refractivity contribution in [3.8, 4) is 5.75 Å². The molecule has 0 unspecified atom stereocenters. The van der Waals surface area contributed by atoms with Crippen LogP contribution in [-0.2, 0) is 12.8 Å². The molecule has 1 aromatic carbocycles. The number of hydrogen-bond acceptors (Lipinski definition) is 3. The average Bonchev–Trinajstić information content (AvgIpc) is 2.45. The Hall–Kier alpha value is -2.31. The summed E-state index contributed by atoms with van der Waals surface area (Å²) in [6.45, 7) is -0.0154. The number of benzene rings is 1. The Kier molecular flexibility index (Phi) is 4.30. The molecule has 0 fully saturated rings. The second kappa shape index (κ2) is 5.99. The van der Waals surface area contributed by atoms with Crippen LogP contribution in [0.25, 0.3) is 0 Å². The Labute approximate surface area is 118 Å². The molecule has 0 bridgehead atoms. The standard InChI is InChI=1S/C14H12F4N2O/c1-19-9-4-5-20-10(6-9)8-21-11-2-3-13(15)12(7-11)14(16,17)18/h2-7H,8H2,1H3,(H,19,20). The van der Waals surface area contributed by atoms with Gasteiger partial charge in [-0.1, -0.05) is 0 Å². The number of halogens is 4. The molecule has 1 aromatic heterocycles. The van der Waals surface area contributed by atoms with Crippen molar-refractivity contribution in [3.63, 3.8) is 0 Å². The van der Waals surface area contributed by atoms with E-state index < -0.39 is 17.6 Å². The van der Waals surface area contributed by atoms with Crippen LogP contribution in [0.3, 0.4) is 0 Å². The van der Waals surface area contributed by atoms with Gasteiger partial charge in [0, 0.05) is 18.9 Å². The average molecular weight is 300 g/mol. The summed E-state index contributed by atoms with van der Waals surface area (Å²) in [4.78, 5) is 4.03. The van der Waals surface area contributed by atoms with Gasteiger partial charge in [-0.3, -0.25) is 4.98 Å². The molecule has 2 rings (SSSR count). The van der Waals surface area contributed by atoms with Gasteiger partial charge in [-0.15, -0.1) is 0 Å². The highest BCUT2D eigenvalue weighted by Gasteiger charge is 2.34. The van der Waals surface area contributed by atoms with Crippen LogP contribution in [-0.4, -0.2) is 12.0 Å². The zero-order valence-electron chi connectivity index (χ0n) is 11.0. The first kappa shape index (κ1) is 15.1. The highest BCUT2D eigenvalue weighted by atomic mass is 19.4. The first-order valence-electron chi connectivity index (χ1n) is 6.02. The smallest absolute Gasteiger partial charge is 0.419 e. The number of aromatic nitrogens is 1. The summed E-state index contributed by atoms with van der Waals surface area (Å²) in [5.41, 5.74) is -0.00430. The molecular weight excluding hydrogens is 288 g/mol. The largest absolute Gasteiger partial charge is 0.487 e. The van der Waals surface area contributed by atoms with Crippen molar-refractivity contribution < 1.29 is 22.3 Å². The van der Waals surface area contributed by atoms with Crippen LogP contribution in [0.5, 0.6) is 5.75 Å². The van der Waals surface area contributed by atoms with E-state index in [1.165, 1.54) is 0 Å². The van der Waals surface area contributed by atoms with Crippen LogP contribution < -0.4 is 10.1 Å². The maximum absolute atomic E-state index is 13.1. The van der Waals surface area contributed by atoms with Crippen LogP contribution in [0.15, 0.2) is 36.5 Å². The second-order valence-electron chi connectivity index (χ2n) is 4.21. The molecule has 0 radical (unpaired) electrons. The molecule has 1 heterocycles. The van der Waals surface area contributed by atoms with E-state index in [1.54, 1.807) is 25.4 Å². The summed E-state index contributed by atoms with van der Waals surface area (Å²) in [6, 6.07) is 5.96. The number of pyridine rings is 1. The highest BCUT2D eigenvalue weighted by molar-refractivity contribution is 5.42. The molecule has 0 amide bonds. The SMILES string of the molecule is CNc1ccnc(COc2ccc(F)c(C(F)(F)F)c2)c1. The second-order valence-corrected chi connectivity index (χ2v) is 4.21. The summed E-state index contributed by atoms with van der Waals surface area (Å²) in [6.07, 6.45) is -3.20. The van der Waals surface area contributed by atoms with Crippen LogP contribution in [0, 0.1) is 5.82 Å². The van der Waals surface area contributed by atoms with E-state index in [2.05, 4.69) is 10.3 Å². The van der Waals surface area contributed by atoms with Crippen molar-refractivity contribution >= 4 is 5.69 Å². The molecule has 3 nitrogen and oxygen atoms in total. The monoisotopic (exact) mass is 300 g/mol. The number of nitrogens with zero attached hydrogens (tertiary/aromatic N) is 1. The van der Waals surface area contributed by atoms with Gasteiger partial charge in [0.2, 0.25) is 0 Å². The van der Waals surface area contributed by atoms with Gasteiger partial charge < -0.3 is 10.1 Å². The van der Waals surface area contributed by atoms with Crippen molar-refractivity contribution in [2.75, 3.05) is 12.4 Å². The fraction of sp³-hybridized carbons (Fsp3) is 0.214. The maximum atomic E-state index is 13.1. The van der Waals surface area contributed by atoms with E-state index in [-0.39, 0.29) is 12.4 Å². The molecular formula is C14H12F4N2O. The zero-order chi connectivity index (χ0) is 15.5. The third-order valence-corrected chi connectivity index (χ3v) is 2.74. The molecule has 21 heavy (non-hydrogen) atoms. The van der Waals surface area contributed by atoms with Crippen molar-refractivity contribution in [1.82, 2.24) is 4.98 Å². The molecule has 2 aromatic rings. The number of anilines is 1. The Morgan fingerprint density at radius 1 is 1.19 bits per heavy atom. The first-order valence-corrected chi connectivity index (χ1v) is 6.02. The highest BCUT2D eigenvalue weighted by Crippen LogP contribution is 2.33. The van der Waals surface area contributed by atoms with Crippen LogP contribution in [0.2, 0.25) is 0 Å². The molecule has 1 N–H and O–H groups in total. The van der Waals surface area contributed by atoms with E-state index in [0.717, 1.165) is 17.8 Å². The molecule has 7 heteroatoms. The first-order chi connectivity index (χ1) is 9.90. The minimum atomic E-state index is -4.76. The normalized spacial score (nSPS) is 11.3. The number of rotatable bonds is 4. The van der Waals surface area contributed by atoms with Gasteiger partial charge in [-0.25, -0.2) is 4.39 Å². The topological polar surface area (TPSA) is 34.2 Å². The van der Waals surface area contributed by atoms with Gasteiger partial charge in [0.25, 0.3) is 0 Å². The van der Waals surface area contributed by atoms with Crippen molar-refractivity contribution in [2.45, 2.75) is 12.8 Å². The minimum Gasteiger partial charge on any atom is -0.487 e. The van der Waals surface area contributed by atoms with E-state index in [9.17, 15) is 17.6 Å². The molecule has 0 aliphatic carbocycles. The van der Waals surface area contributed by atoms with Gasteiger partial charge in [-0.2, -0.15) is 13.2 Å². The lowest BCUT2D eigenvalue weighted by Gasteiger charge is -2.11. The quantitative estimate of drug-likeness (QED) is 0.871. The molecule has 0 aliphatic rings. The van der Waals surface area contributed by atoms with E-state index >= 15 is 0 Å². The summed E-state index contributed by atoms with van der Waals surface area (Å²) < 4.78 is 56.1.